The van der Waals surface area contributed by atoms with Gasteiger partial charge in [0.2, 0.25) is 0 Å². The molecule has 0 saturated heterocycles. The Morgan fingerprint density at radius 1 is 0.556 bits per heavy atom. The molecule has 54 valence electrons. The van der Waals surface area contributed by atoms with Crippen molar-refractivity contribution in [2.24, 2.45) is 0 Å². The van der Waals surface area contributed by atoms with Gasteiger partial charge in [-0.25, -0.2) is 0 Å². The van der Waals surface area contributed by atoms with Crippen LogP contribution in [0.2, 0.25) is 0 Å². The molecule has 0 heterocycles. The van der Waals surface area contributed by atoms with Crippen LogP contribution in [-0.4, -0.2) is 11.0 Å². The summed E-state index contributed by atoms with van der Waals surface area (Å²) in [7, 11) is 0. The van der Waals surface area contributed by atoms with Crippen LogP contribution in [0.1, 0.15) is 0 Å². The van der Waals surface area contributed by atoms with E-state index in [0.717, 1.165) is 0 Å². The fourth-order valence-corrected chi connectivity index (χ4v) is 0. The molecule has 0 aromatic carbocycles. The third-order valence-electron chi connectivity index (χ3n) is 0. The molecular weight excluding hydrogens is 306 g/mol. The average Bonchev–Trinajstić information content (AvgIpc) is 0. The normalized spacial score (nSPS) is 0. The molecule has 0 amide bonds. The Morgan fingerprint density at radius 3 is 0.556 bits per heavy atom. The summed E-state index contributed by atoms with van der Waals surface area (Å²) in [6.07, 6.45) is 0. The van der Waals surface area contributed by atoms with E-state index in [9.17, 15) is 0 Å². The number of rotatable bonds is 0. The minimum Gasteiger partial charge on any atom is -0.412 e. The van der Waals surface area contributed by atoms with Crippen LogP contribution in [0.25, 0.3) is 0 Å². The summed E-state index contributed by atoms with van der Waals surface area (Å²) < 4.78 is 0. The molecule has 0 aliphatic rings. The Hall–Kier alpha value is 2.58. The second-order valence-corrected chi connectivity index (χ2v) is 0. The molecule has 9 heavy (non-hydrogen) atoms. The van der Waals surface area contributed by atoms with Crippen molar-refractivity contribution in [2.75, 3.05) is 0 Å². The maximum atomic E-state index is 0. The van der Waals surface area contributed by atoms with Crippen molar-refractivity contribution in [3.8, 4) is 0 Å². The Labute approximate surface area is 126 Å². The van der Waals surface area contributed by atoms with Gasteiger partial charge in [0.1, 0.15) is 0 Å². The van der Waals surface area contributed by atoms with E-state index < -0.39 is 0 Å². The molecule has 0 unspecified atom stereocenters. The van der Waals surface area contributed by atoms with E-state index in [1.165, 1.54) is 0 Å². The summed E-state index contributed by atoms with van der Waals surface area (Å²) in [6.45, 7) is 0. The number of hydrogen-bond acceptors (Lipinski definition) is 0. The minimum absolute atomic E-state index is 0. The summed E-state index contributed by atoms with van der Waals surface area (Å²) in [5.41, 5.74) is 0. The Morgan fingerprint density at radius 2 is 0.556 bits per heavy atom. The van der Waals surface area contributed by atoms with Crippen LogP contribution >= 0.6 is 0 Å². The molecule has 4 N–H and O–H groups in total. The van der Waals surface area contributed by atoms with Gasteiger partial charge < -0.3 is 25.8 Å². The predicted octanol–water partition coefficient (Wildman–Crippen LogP) is 0.144. The van der Waals surface area contributed by atoms with E-state index in [1.807, 2.05) is 0 Å². The second-order valence-electron chi connectivity index (χ2n) is 0. The van der Waals surface area contributed by atoms with Crippen LogP contribution in [0, 0.1) is 29.7 Å². The Kier molecular flexibility index (Phi) is 3150. The molecule has 0 bridgehead atoms. The Bertz CT molecular complexity index is 16.5. The standard InChI is InChI=1S/4CH3.2H2O.Ti.2Y/h4*1H3;2*1H2;;;/q2*-1;2*+1;;;;;. The maximum absolute atomic E-state index is 0. The van der Waals surface area contributed by atoms with Gasteiger partial charge in [-0.15, -0.1) is 0 Å². The fraction of sp³-hybridized carbons (Fsp3) is 0. The molecular formula is C4H16O2TiY2. The SMILES string of the molecule is O.O.[CH3+].[CH3+].[CH3-].[CH3-].[Ti].[Y].[Y]. The maximum Gasteiger partial charge on any atom is 0.0467 e. The van der Waals surface area contributed by atoms with Crippen molar-refractivity contribution >= 4 is 0 Å². The first-order chi connectivity index (χ1) is 0. The van der Waals surface area contributed by atoms with Gasteiger partial charge in [-0.05, 0) is 0 Å². The van der Waals surface area contributed by atoms with Gasteiger partial charge in [0.15, 0.2) is 0 Å². The monoisotopic (exact) mass is 322 g/mol. The van der Waals surface area contributed by atoms with Crippen molar-refractivity contribution in [1.82, 2.24) is 0 Å². The van der Waals surface area contributed by atoms with Gasteiger partial charge in [-0.1, -0.05) is 0 Å². The number of hydrogen-bond donors (Lipinski definition) is 0. The fourth-order valence-electron chi connectivity index (χ4n) is 0. The van der Waals surface area contributed by atoms with Gasteiger partial charge in [0, 0.05) is 102 Å². The van der Waals surface area contributed by atoms with Crippen LogP contribution in [0.4, 0.5) is 0 Å². The van der Waals surface area contributed by atoms with Gasteiger partial charge >= 0.3 is 0 Å². The van der Waals surface area contributed by atoms with E-state index in [-0.39, 0.29) is 128 Å². The zero-order valence-corrected chi connectivity index (χ0v) is 13.9. The van der Waals surface area contributed by atoms with Gasteiger partial charge in [0.25, 0.3) is 0 Å². The summed E-state index contributed by atoms with van der Waals surface area (Å²) >= 11 is 0. The van der Waals surface area contributed by atoms with Crippen LogP contribution in [0.5, 0.6) is 0 Å². The van der Waals surface area contributed by atoms with E-state index in [0.29, 0.717) is 0 Å². The molecule has 0 aromatic heterocycles. The molecule has 0 rings (SSSR count). The van der Waals surface area contributed by atoms with Gasteiger partial charge in [-0.3, -0.25) is 0 Å². The topological polar surface area (TPSA) is 63.0 Å². The van der Waals surface area contributed by atoms with E-state index in [2.05, 4.69) is 0 Å². The molecule has 0 fully saturated rings. The molecule has 0 aromatic rings. The first-order valence-electron chi connectivity index (χ1n) is 0. The molecule has 5 heteroatoms. The zero-order valence-electron chi connectivity index (χ0n) is 6.65. The van der Waals surface area contributed by atoms with Crippen molar-refractivity contribution < 1.29 is 98.1 Å². The summed E-state index contributed by atoms with van der Waals surface area (Å²) in [5.74, 6) is 0. The van der Waals surface area contributed by atoms with Crippen molar-refractivity contribution in [3.63, 3.8) is 0 Å². The predicted molar refractivity (Wildman–Crippen MR) is 32.9 cm³/mol. The summed E-state index contributed by atoms with van der Waals surface area (Å²) in [4.78, 5) is 0. The molecule has 0 spiro atoms. The molecule has 2 nitrogen and oxygen atoms in total. The van der Waals surface area contributed by atoms with Gasteiger partial charge in [-0.2, -0.15) is 0 Å². The summed E-state index contributed by atoms with van der Waals surface area (Å²) in [5, 5.41) is 0. The molecule has 2 radical (unpaired) electrons. The van der Waals surface area contributed by atoms with Crippen molar-refractivity contribution in [2.45, 2.75) is 0 Å². The third kappa shape index (κ3) is 117. The zero-order chi connectivity index (χ0) is 0. The quantitative estimate of drug-likeness (QED) is 0.450. The second kappa shape index (κ2) is 146. The van der Waals surface area contributed by atoms with E-state index >= 15 is 0 Å². The molecule has 0 atom stereocenters. The van der Waals surface area contributed by atoms with Crippen LogP contribution in [0.3, 0.4) is 0 Å². The molecule has 0 aliphatic carbocycles. The van der Waals surface area contributed by atoms with Crippen LogP contribution in [-0.2, 0) is 87.1 Å². The molecule has 0 saturated carbocycles. The first-order valence-corrected chi connectivity index (χ1v) is 0. The van der Waals surface area contributed by atoms with Crippen molar-refractivity contribution in [3.05, 3.63) is 29.7 Å². The third-order valence-corrected chi connectivity index (χ3v) is 0. The summed E-state index contributed by atoms with van der Waals surface area (Å²) in [6, 6.07) is 0. The molecule has 0 aliphatic heterocycles. The average molecular weight is 322 g/mol. The smallest absolute Gasteiger partial charge is 0.0467 e. The van der Waals surface area contributed by atoms with E-state index in [1.54, 1.807) is 0 Å². The first kappa shape index (κ1) is 195. The Balaban J connectivity index is 0. The van der Waals surface area contributed by atoms with Crippen LogP contribution < -0.4 is 0 Å². The minimum atomic E-state index is 0. The van der Waals surface area contributed by atoms with Gasteiger partial charge in [0.05, 0.1) is 0 Å². The van der Waals surface area contributed by atoms with Crippen LogP contribution in [0.15, 0.2) is 0 Å². The largest absolute Gasteiger partial charge is 0.412 e. The van der Waals surface area contributed by atoms with Crippen molar-refractivity contribution in [1.29, 1.82) is 0 Å². The van der Waals surface area contributed by atoms with E-state index in [4.69, 9.17) is 0 Å².